The molecule has 0 spiro atoms. The molecule has 2 rings (SSSR count). The third-order valence-corrected chi connectivity index (χ3v) is 6.91. The quantitative estimate of drug-likeness (QED) is 0.823. The lowest BCUT2D eigenvalue weighted by Gasteiger charge is -2.33. The molecule has 0 N–H and O–H groups in total. The van der Waals surface area contributed by atoms with Gasteiger partial charge in [-0.2, -0.15) is 16.1 Å². The normalized spacial score (nSPS) is 26.2. The molecule has 6 heteroatoms. The minimum absolute atomic E-state index is 0.339. The summed E-state index contributed by atoms with van der Waals surface area (Å²) in [5.41, 5.74) is 0. The van der Waals surface area contributed by atoms with Gasteiger partial charge in [-0.05, 0) is 28.1 Å². The Morgan fingerprint density at radius 2 is 1.78 bits per heavy atom. The molecule has 0 bridgehead atoms. The molecular weight excluding hydrogens is 334 g/mol. The maximum absolute atomic E-state index is 12.6. The van der Waals surface area contributed by atoms with E-state index in [9.17, 15) is 8.42 Å². The molecule has 0 aliphatic carbocycles. The summed E-state index contributed by atoms with van der Waals surface area (Å²) in [4.78, 5) is 0.358. The molecular formula is C12H16BrNO2S2. The average molecular weight is 350 g/mol. The highest BCUT2D eigenvalue weighted by Crippen LogP contribution is 2.31. The Morgan fingerprint density at radius 1 is 1.22 bits per heavy atom. The Labute approximate surface area is 121 Å². The molecule has 1 aromatic carbocycles. The van der Waals surface area contributed by atoms with E-state index in [1.165, 1.54) is 0 Å². The lowest BCUT2D eigenvalue weighted by molar-refractivity contribution is 0.404. The number of nitrogens with zero attached hydrogens (tertiary/aromatic N) is 1. The summed E-state index contributed by atoms with van der Waals surface area (Å²) in [6, 6.07) is 6.98. The van der Waals surface area contributed by atoms with Crippen molar-refractivity contribution in [3.8, 4) is 0 Å². The van der Waals surface area contributed by atoms with Crippen LogP contribution in [-0.4, -0.2) is 36.3 Å². The molecule has 0 radical (unpaired) electrons. The predicted octanol–water partition coefficient (Wildman–Crippen LogP) is 2.96. The molecule has 1 aliphatic rings. The molecule has 1 aliphatic heterocycles. The first kappa shape index (κ1) is 14.4. The predicted molar refractivity (Wildman–Crippen MR) is 79.4 cm³/mol. The second kappa shape index (κ2) is 5.53. The van der Waals surface area contributed by atoms with Crippen LogP contribution >= 0.6 is 27.7 Å². The fraction of sp³-hybridized carbons (Fsp3) is 0.500. The summed E-state index contributed by atoms with van der Waals surface area (Å²) >= 11 is 5.16. The highest BCUT2D eigenvalue weighted by molar-refractivity contribution is 9.10. The highest BCUT2D eigenvalue weighted by atomic mass is 79.9. The van der Waals surface area contributed by atoms with Crippen LogP contribution in [0.15, 0.2) is 33.6 Å². The van der Waals surface area contributed by atoms with E-state index in [-0.39, 0.29) is 0 Å². The van der Waals surface area contributed by atoms with Crippen molar-refractivity contribution in [2.75, 3.05) is 13.1 Å². The highest BCUT2D eigenvalue weighted by Gasteiger charge is 2.32. The van der Waals surface area contributed by atoms with E-state index >= 15 is 0 Å². The van der Waals surface area contributed by atoms with Gasteiger partial charge < -0.3 is 0 Å². The van der Waals surface area contributed by atoms with E-state index in [1.807, 2.05) is 17.8 Å². The van der Waals surface area contributed by atoms with Crippen molar-refractivity contribution in [1.82, 2.24) is 4.31 Å². The maximum Gasteiger partial charge on any atom is 0.244 e. The van der Waals surface area contributed by atoms with E-state index in [4.69, 9.17) is 0 Å². The number of sulfonamides is 1. The van der Waals surface area contributed by atoms with Gasteiger partial charge in [0, 0.05) is 28.1 Å². The molecule has 2 atom stereocenters. The van der Waals surface area contributed by atoms with Gasteiger partial charge in [0.25, 0.3) is 0 Å². The van der Waals surface area contributed by atoms with Crippen molar-refractivity contribution in [3.05, 3.63) is 28.7 Å². The van der Waals surface area contributed by atoms with Gasteiger partial charge in [-0.1, -0.05) is 26.0 Å². The van der Waals surface area contributed by atoms with Crippen LogP contribution in [0.5, 0.6) is 0 Å². The number of halogens is 1. The first-order valence-electron chi connectivity index (χ1n) is 5.81. The van der Waals surface area contributed by atoms with Gasteiger partial charge in [0.1, 0.15) is 0 Å². The number of benzene rings is 1. The van der Waals surface area contributed by atoms with Gasteiger partial charge in [0.2, 0.25) is 10.0 Å². The summed E-state index contributed by atoms with van der Waals surface area (Å²) in [5, 5.41) is 0.678. The lowest BCUT2D eigenvalue weighted by Crippen LogP contribution is -2.44. The van der Waals surface area contributed by atoms with E-state index in [2.05, 4.69) is 29.8 Å². The van der Waals surface area contributed by atoms with E-state index in [1.54, 1.807) is 22.5 Å². The van der Waals surface area contributed by atoms with Crippen molar-refractivity contribution in [2.24, 2.45) is 0 Å². The zero-order chi connectivity index (χ0) is 13.3. The second-order valence-corrected chi connectivity index (χ2v) is 9.15. The Bertz CT molecular complexity index is 523. The molecule has 18 heavy (non-hydrogen) atoms. The zero-order valence-electron chi connectivity index (χ0n) is 10.3. The summed E-state index contributed by atoms with van der Waals surface area (Å²) in [7, 11) is -3.39. The van der Waals surface area contributed by atoms with Gasteiger partial charge in [0.15, 0.2) is 0 Å². The molecule has 0 saturated carbocycles. The third-order valence-electron chi connectivity index (χ3n) is 2.84. The Kier molecular flexibility index (Phi) is 4.41. The fourth-order valence-electron chi connectivity index (χ4n) is 2.12. The summed E-state index contributed by atoms with van der Waals surface area (Å²) in [6.07, 6.45) is 0. The summed E-state index contributed by atoms with van der Waals surface area (Å²) < 4.78 is 27.4. The van der Waals surface area contributed by atoms with Crippen LogP contribution < -0.4 is 0 Å². The smallest absolute Gasteiger partial charge is 0.207 e. The van der Waals surface area contributed by atoms with Crippen LogP contribution in [0.3, 0.4) is 0 Å². The van der Waals surface area contributed by atoms with Crippen molar-refractivity contribution >= 4 is 37.7 Å². The average Bonchev–Trinajstić information content (AvgIpc) is 2.28. The van der Waals surface area contributed by atoms with E-state index in [0.29, 0.717) is 33.0 Å². The van der Waals surface area contributed by atoms with Gasteiger partial charge in [-0.15, -0.1) is 0 Å². The number of hydrogen-bond donors (Lipinski definition) is 0. The first-order chi connectivity index (χ1) is 8.41. The summed E-state index contributed by atoms with van der Waals surface area (Å²) in [6.45, 7) is 5.31. The number of thioether (sulfide) groups is 1. The fourth-order valence-corrected chi connectivity index (χ4v) is 6.22. The molecule has 1 heterocycles. The minimum atomic E-state index is -3.39. The molecule has 0 aromatic heterocycles. The van der Waals surface area contributed by atoms with Crippen LogP contribution in [0.1, 0.15) is 13.8 Å². The summed E-state index contributed by atoms with van der Waals surface area (Å²) in [5.74, 6) is 0. The Morgan fingerprint density at radius 3 is 2.33 bits per heavy atom. The van der Waals surface area contributed by atoms with Crippen LogP contribution in [-0.2, 0) is 10.0 Å². The van der Waals surface area contributed by atoms with Gasteiger partial charge in [-0.3, -0.25) is 0 Å². The van der Waals surface area contributed by atoms with Crippen LogP contribution in [0, 0.1) is 0 Å². The third kappa shape index (κ3) is 2.92. The van der Waals surface area contributed by atoms with Crippen LogP contribution in [0.2, 0.25) is 0 Å². The van der Waals surface area contributed by atoms with E-state index < -0.39 is 10.0 Å². The Balaban J connectivity index is 2.34. The number of rotatable bonds is 2. The zero-order valence-corrected chi connectivity index (χ0v) is 13.6. The van der Waals surface area contributed by atoms with Crippen molar-refractivity contribution in [1.29, 1.82) is 0 Å². The van der Waals surface area contributed by atoms with Crippen molar-refractivity contribution in [2.45, 2.75) is 29.2 Å². The molecule has 0 amide bonds. The second-order valence-electron chi connectivity index (χ2n) is 4.51. The minimum Gasteiger partial charge on any atom is -0.207 e. The largest absolute Gasteiger partial charge is 0.244 e. The molecule has 1 fully saturated rings. The van der Waals surface area contributed by atoms with Crippen LogP contribution in [0.4, 0.5) is 0 Å². The molecule has 100 valence electrons. The maximum atomic E-state index is 12.6. The van der Waals surface area contributed by atoms with E-state index in [0.717, 1.165) is 0 Å². The Hall–Kier alpha value is -0.0400. The van der Waals surface area contributed by atoms with Gasteiger partial charge in [0.05, 0.1) is 4.90 Å². The SMILES string of the molecule is CC1CN(S(=O)(=O)c2ccccc2Br)CC(C)S1. The van der Waals surface area contributed by atoms with Gasteiger partial charge in [-0.25, -0.2) is 8.42 Å². The molecule has 3 nitrogen and oxygen atoms in total. The van der Waals surface area contributed by atoms with Crippen molar-refractivity contribution < 1.29 is 8.42 Å². The lowest BCUT2D eigenvalue weighted by atomic mass is 10.4. The van der Waals surface area contributed by atoms with Crippen LogP contribution in [0.25, 0.3) is 0 Å². The number of hydrogen-bond acceptors (Lipinski definition) is 3. The monoisotopic (exact) mass is 349 g/mol. The van der Waals surface area contributed by atoms with Crippen molar-refractivity contribution in [3.63, 3.8) is 0 Å². The molecule has 2 unspecified atom stereocenters. The topological polar surface area (TPSA) is 37.4 Å². The van der Waals surface area contributed by atoms with Gasteiger partial charge >= 0.3 is 0 Å². The molecule has 1 saturated heterocycles. The first-order valence-corrected chi connectivity index (χ1v) is 8.99. The standard InChI is InChI=1S/C12H16BrNO2S2/c1-9-7-14(8-10(2)17-9)18(15,16)12-6-4-3-5-11(12)13/h3-6,9-10H,7-8H2,1-2H3. The molecule has 1 aromatic rings.